The lowest BCUT2D eigenvalue weighted by Crippen LogP contribution is -2.36. The molecule has 2 rings (SSSR count). The van der Waals surface area contributed by atoms with Crippen LogP contribution in [-0.2, 0) is 6.54 Å². The van der Waals surface area contributed by atoms with Gasteiger partial charge in [0.2, 0.25) is 0 Å². The van der Waals surface area contributed by atoms with Crippen LogP contribution in [0.2, 0.25) is 0 Å². The van der Waals surface area contributed by atoms with Crippen LogP contribution in [0.3, 0.4) is 0 Å². The highest BCUT2D eigenvalue weighted by Gasteiger charge is 2.27. The van der Waals surface area contributed by atoms with Gasteiger partial charge in [-0.3, -0.25) is 0 Å². The number of rotatable bonds is 7. The van der Waals surface area contributed by atoms with Gasteiger partial charge in [0.1, 0.15) is 5.82 Å². The maximum Gasteiger partial charge on any atom is 0.126 e. The Kier molecular flexibility index (Phi) is 5.16. The lowest BCUT2D eigenvalue weighted by atomic mass is 9.82. The number of aliphatic hydroxyl groups excluding tert-OH is 1. The summed E-state index contributed by atoms with van der Waals surface area (Å²) in [5.74, 6) is 1.62. The predicted octanol–water partition coefficient (Wildman–Crippen LogP) is 2.11. The molecule has 1 aromatic rings. The zero-order valence-corrected chi connectivity index (χ0v) is 12.0. The first-order valence-corrected chi connectivity index (χ1v) is 7.23. The van der Waals surface area contributed by atoms with Crippen LogP contribution < -0.4 is 5.32 Å². The van der Waals surface area contributed by atoms with Gasteiger partial charge in [0.15, 0.2) is 0 Å². The molecular formula is C15H25N3O. The molecule has 1 aliphatic carbocycles. The molecule has 0 unspecified atom stereocenters. The van der Waals surface area contributed by atoms with Crippen molar-refractivity contribution < 1.29 is 5.11 Å². The van der Waals surface area contributed by atoms with Crippen LogP contribution in [0.15, 0.2) is 18.2 Å². The van der Waals surface area contributed by atoms with Gasteiger partial charge < -0.3 is 15.3 Å². The van der Waals surface area contributed by atoms with E-state index in [0.29, 0.717) is 5.92 Å². The molecule has 0 amide bonds. The minimum absolute atomic E-state index is 0.0573. The molecule has 1 fully saturated rings. The van der Waals surface area contributed by atoms with Gasteiger partial charge in [0.25, 0.3) is 0 Å². The van der Waals surface area contributed by atoms with E-state index in [-0.39, 0.29) is 6.10 Å². The van der Waals surface area contributed by atoms with Crippen molar-refractivity contribution in [3.8, 4) is 0 Å². The van der Waals surface area contributed by atoms with E-state index in [9.17, 15) is 5.11 Å². The maximum absolute atomic E-state index is 9.30. The Morgan fingerprint density at radius 1 is 1.42 bits per heavy atom. The Balaban J connectivity index is 1.80. The molecule has 106 valence electrons. The molecule has 19 heavy (non-hydrogen) atoms. The van der Waals surface area contributed by atoms with Gasteiger partial charge in [-0.25, -0.2) is 4.98 Å². The summed E-state index contributed by atoms with van der Waals surface area (Å²) >= 11 is 0. The lowest BCUT2D eigenvalue weighted by Gasteiger charge is -2.34. The average Bonchev–Trinajstić information content (AvgIpc) is 2.35. The number of nitrogens with zero attached hydrogens (tertiary/aromatic N) is 2. The van der Waals surface area contributed by atoms with Crippen molar-refractivity contribution in [3.63, 3.8) is 0 Å². The van der Waals surface area contributed by atoms with E-state index in [4.69, 9.17) is 0 Å². The molecule has 1 saturated carbocycles. The summed E-state index contributed by atoms with van der Waals surface area (Å²) in [5.41, 5.74) is 1.10. The monoisotopic (exact) mass is 263 g/mol. The molecular weight excluding hydrogens is 238 g/mol. The summed E-state index contributed by atoms with van der Waals surface area (Å²) in [6, 6.07) is 6.14. The molecule has 0 bridgehead atoms. The van der Waals surface area contributed by atoms with Gasteiger partial charge in [-0.15, -0.1) is 0 Å². The van der Waals surface area contributed by atoms with Crippen molar-refractivity contribution in [2.75, 3.05) is 25.5 Å². The van der Waals surface area contributed by atoms with Crippen LogP contribution >= 0.6 is 0 Å². The van der Waals surface area contributed by atoms with E-state index in [1.165, 1.54) is 0 Å². The third-order valence-corrected chi connectivity index (χ3v) is 3.58. The number of aromatic nitrogens is 1. The smallest absolute Gasteiger partial charge is 0.126 e. The molecule has 0 saturated heterocycles. The molecule has 0 aromatic carbocycles. The standard InChI is InChI=1S/C15H25N3O/c1-3-7-16-15-6-4-5-13(17-15)11-18(2)10-12-8-14(19)9-12/h4-6,12,14,19H,3,7-11H2,1-2H3,(H,16,17). The molecule has 0 spiro atoms. The molecule has 2 N–H and O–H groups in total. The maximum atomic E-state index is 9.30. The van der Waals surface area contributed by atoms with Crippen molar-refractivity contribution >= 4 is 5.82 Å². The summed E-state index contributed by atoms with van der Waals surface area (Å²) in [5, 5.41) is 12.6. The van der Waals surface area contributed by atoms with Crippen LogP contribution in [0, 0.1) is 5.92 Å². The Hall–Kier alpha value is -1.13. The summed E-state index contributed by atoms with van der Waals surface area (Å²) < 4.78 is 0. The fraction of sp³-hybridized carbons (Fsp3) is 0.667. The number of hydrogen-bond donors (Lipinski definition) is 2. The van der Waals surface area contributed by atoms with Crippen molar-refractivity contribution in [2.24, 2.45) is 5.92 Å². The average molecular weight is 263 g/mol. The highest BCUT2D eigenvalue weighted by molar-refractivity contribution is 5.35. The highest BCUT2D eigenvalue weighted by atomic mass is 16.3. The van der Waals surface area contributed by atoms with E-state index >= 15 is 0 Å². The second-order valence-corrected chi connectivity index (χ2v) is 5.63. The van der Waals surface area contributed by atoms with Crippen molar-refractivity contribution in [2.45, 2.75) is 38.8 Å². The largest absolute Gasteiger partial charge is 0.393 e. The number of anilines is 1. The molecule has 4 heteroatoms. The van der Waals surface area contributed by atoms with Crippen LogP contribution in [0.4, 0.5) is 5.82 Å². The number of hydrogen-bond acceptors (Lipinski definition) is 4. The SMILES string of the molecule is CCCNc1cccc(CN(C)CC2CC(O)C2)n1. The second kappa shape index (κ2) is 6.87. The summed E-state index contributed by atoms with van der Waals surface area (Å²) in [6.07, 6.45) is 2.96. The van der Waals surface area contributed by atoms with E-state index in [2.05, 4.69) is 41.3 Å². The fourth-order valence-electron chi connectivity index (χ4n) is 2.55. The number of pyridine rings is 1. The van der Waals surface area contributed by atoms with E-state index in [1.807, 2.05) is 6.07 Å². The topological polar surface area (TPSA) is 48.4 Å². The van der Waals surface area contributed by atoms with Gasteiger partial charge in [0, 0.05) is 19.6 Å². The quantitative estimate of drug-likeness (QED) is 0.791. The van der Waals surface area contributed by atoms with Crippen LogP contribution in [0.1, 0.15) is 31.9 Å². The van der Waals surface area contributed by atoms with Gasteiger partial charge in [-0.2, -0.15) is 0 Å². The van der Waals surface area contributed by atoms with E-state index < -0.39 is 0 Å². The Morgan fingerprint density at radius 2 is 2.21 bits per heavy atom. The lowest BCUT2D eigenvalue weighted by molar-refractivity contribution is 0.0272. The van der Waals surface area contributed by atoms with Crippen LogP contribution in [0.25, 0.3) is 0 Å². The molecule has 1 aliphatic rings. The fourth-order valence-corrected chi connectivity index (χ4v) is 2.55. The first-order chi connectivity index (χ1) is 9.17. The minimum Gasteiger partial charge on any atom is -0.393 e. The molecule has 0 aliphatic heterocycles. The molecule has 4 nitrogen and oxygen atoms in total. The van der Waals surface area contributed by atoms with E-state index in [1.54, 1.807) is 0 Å². The van der Waals surface area contributed by atoms with Crippen molar-refractivity contribution in [1.29, 1.82) is 0 Å². The molecule has 0 radical (unpaired) electrons. The molecule has 0 atom stereocenters. The van der Waals surface area contributed by atoms with Gasteiger partial charge in [0.05, 0.1) is 11.8 Å². The van der Waals surface area contributed by atoms with E-state index in [0.717, 1.165) is 50.4 Å². The summed E-state index contributed by atoms with van der Waals surface area (Å²) in [7, 11) is 2.12. The van der Waals surface area contributed by atoms with Crippen molar-refractivity contribution in [1.82, 2.24) is 9.88 Å². The first kappa shape index (κ1) is 14.3. The first-order valence-electron chi connectivity index (χ1n) is 7.23. The zero-order chi connectivity index (χ0) is 13.7. The summed E-state index contributed by atoms with van der Waals surface area (Å²) in [6.45, 7) is 5.03. The third-order valence-electron chi connectivity index (χ3n) is 3.58. The van der Waals surface area contributed by atoms with Crippen molar-refractivity contribution in [3.05, 3.63) is 23.9 Å². The zero-order valence-electron chi connectivity index (χ0n) is 12.0. The number of nitrogens with one attached hydrogen (secondary N) is 1. The van der Waals surface area contributed by atoms with Gasteiger partial charge in [-0.1, -0.05) is 13.0 Å². The normalized spacial score (nSPS) is 22.3. The Labute approximate surface area is 115 Å². The van der Waals surface area contributed by atoms with Gasteiger partial charge >= 0.3 is 0 Å². The van der Waals surface area contributed by atoms with Gasteiger partial charge in [-0.05, 0) is 44.4 Å². The highest BCUT2D eigenvalue weighted by Crippen LogP contribution is 2.27. The Morgan fingerprint density at radius 3 is 2.89 bits per heavy atom. The molecule has 1 heterocycles. The van der Waals surface area contributed by atoms with Crippen LogP contribution in [0.5, 0.6) is 0 Å². The molecule has 1 aromatic heterocycles. The third kappa shape index (κ3) is 4.48. The summed E-state index contributed by atoms with van der Waals surface area (Å²) in [4.78, 5) is 6.91. The predicted molar refractivity (Wildman–Crippen MR) is 78.1 cm³/mol. The number of aliphatic hydroxyl groups is 1. The second-order valence-electron chi connectivity index (χ2n) is 5.63. The minimum atomic E-state index is -0.0573. The Bertz CT molecular complexity index is 391. The van der Waals surface area contributed by atoms with Crippen LogP contribution in [-0.4, -0.2) is 41.2 Å².